The second kappa shape index (κ2) is 17.1. The van der Waals surface area contributed by atoms with Gasteiger partial charge in [0.05, 0.1) is 7.57 Å². The number of hydrogen-bond acceptors (Lipinski definition) is 4. The molecule has 0 spiro atoms. The lowest BCUT2D eigenvalue weighted by Gasteiger charge is -2.14. The second-order valence-corrected chi connectivity index (χ2v) is 19.7. The first-order valence-corrected chi connectivity index (χ1v) is 21.8. The van der Waals surface area contributed by atoms with Gasteiger partial charge in [0.25, 0.3) is 0 Å². The molecular formula is C38H48Br2S4. The molecule has 2 unspecified atom stereocenters. The average molecular weight is 793 g/mol. The van der Waals surface area contributed by atoms with E-state index in [4.69, 9.17) is 0 Å². The minimum absolute atomic E-state index is 0.795. The Morgan fingerprint density at radius 3 is 1.36 bits per heavy atom. The van der Waals surface area contributed by atoms with Crippen molar-refractivity contribution in [3.63, 3.8) is 0 Å². The second-order valence-electron chi connectivity index (χ2n) is 12.5. The molecule has 4 aromatic heterocycles. The lowest BCUT2D eigenvalue weighted by molar-refractivity contribution is 0.441. The monoisotopic (exact) mass is 790 g/mol. The first-order valence-electron chi connectivity index (χ1n) is 17.0. The van der Waals surface area contributed by atoms with Gasteiger partial charge >= 0.3 is 0 Å². The van der Waals surface area contributed by atoms with Gasteiger partial charge in [-0.1, -0.05) is 105 Å². The Morgan fingerprint density at radius 1 is 0.545 bits per heavy atom. The van der Waals surface area contributed by atoms with Crippen molar-refractivity contribution >= 4 is 97.4 Å². The Kier molecular flexibility index (Phi) is 13.5. The number of halogens is 2. The van der Waals surface area contributed by atoms with Crippen molar-refractivity contribution in [2.45, 2.75) is 118 Å². The molecule has 1 aromatic carbocycles. The molecule has 44 heavy (non-hydrogen) atoms. The first kappa shape index (κ1) is 34.8. The van der Waals surface area contributed by atoms with Crippen LogP contribution in [-0.2, 0) is 12.8 Å². The predicted octanol–water partition coefficient (Wildman–Crippen LogP) is 16.2. The van der Waals surface area contributed by atoms with Gasteiger partial charge in [0.1, 0.15) is 0 Å². The summed E-state index contributed by atoms with van der Waals surface area (Å²) in [5.41, 5.74) is 2.86. The van der Waals surface area contributed by atoms with E-state index in [0.717, 1.165) is 11.8 Å². The summed E-state index contributed by atoms with van der Waals surface area (Å²) in [6, 6.07) is 14.4. The number of hydrogen-bond donors (Lipinski definition) is 0. The molecule has 0 nitrogen and oxygen atoms in total. The van der Waals surface area contributed by atoms with Gasteiger partial charge in [-0.2, -0.15) is 0 Å². The van der Waals surface area contributed by atoms with Gasteiger partial charge in [-0.05, 0) is 92.9 Å². The van der Waals surface area contributed by atoms with E-state index >= 15 is 0 Å². The quantitative estimate of drug-likeness (QED) is 0.0776. The fourth-order valence-corrected chi connectivity index (χ4v) is 12.5. The summed E-state index contributed by atoms with van der Waals surface area (Å²) in [4.78, 5) is 5.92. The van der Waals surface area contributed by atoms with Crippen LogP contribution in [0.5, 0.6) is 0 Å². The van der Waals surface area contributed by atoms with Gasteiger partial charge in [0, 0.05) is 50.8 Å². The van der Waals surface area contributed by atoms with Gasteiger partial charge in [-0.25, -0.2) is 0 Å². The summed E-state index contributed by atoms with van der Waals surface area (Å²) < 4.78 is 5.28. The van der Waals surface area contributed by atoms with E-state index in [1.807, 2.05) is 45.3 Å². The zero-order valence-corrected chi connectivity index (χ0v) is 33.3. The molecule has 0 bridgehead atoms. The van der Waals surface area contributed by atoms with Crippen LogP contribution in [0.15, 0.2) is 44.0 Å². The van der Waals surface area contributed by atoms with Crippen molar-refractivity contribution in [1.82, 2.24) is 0 Å². The van der Waals surface area contributed by atoms with Crippen LogP contribution in [0.1, 0.15) is 114 Å². The van der Waals surface area contributed by atoms with E-state index in [0.29, 0.717) is 0 Å². The average Bonchev–Trinajstić information content (AvgIpc) is 3.82. The highest BCUT2D eigenvalue weighted by molar-refractivity contribution is 9.11. The molecule has 0 aliphatic carbocycles. The predicted molar refractivity (Wildman–Crippen MR) is 212 cm³/mol. The Hall–Kier alpha value is -0.500. The molecule has 0 amide bonds. The molecule has 0 radical (unpaired) electrons. The smallest absolute Gasteiger partial charge is 0.0711 e. The summed E-state index contributed by atoms with van der Waals surface area (Å²) in [5.74, 6) is 1.59. The summed E-state index contributed by atoms with van der Waals surface area (Å²) in [6.07, 6.45) is 18.6. The van der Waals surface area contributed by atoms with E-state index < -0.39 is 0 Å². The summed E-state index contributed by atoms with van der Waals surface area (Å²) in [5, 5.41) is 2.80. The van der Waals surface area contributed by atoms with Crippen LogP contribution in [0.25, 0.3) is 41.1 Å². The Bertz CT molecular complexity index is 1440. The molecule has 0 saturated heterocycles. The largest absolute Gasteiger partial charge is 0.140 e. The van der Waals surface area contributed by atoms with Crippen LogP contribution in [0.4, 0.5) is 0 Å². The van der Waals surface area contributed by atoms with Crippen molar-refractivity contribution in [2.75, 3.05) is 0 Å². The third-order valence-corrected chi connectivity index (χ3v) is 14.8. The Balaban J connectivity index is 1.46. The molecular weight excluding hydrogens is 744 g/mol. The van der Waals surface area contributed by atoms with Crippen LogP contribution in [0.3, 0.4) is 0 Å². The van der Waals surface area contributed by atoms with Crippen LogP contribution in [0, 0.1) is 11.8 Å². The van der Waals surface area contributed by atoms with Crippen molar-refractivity contribution in [2.24, 2.45) is 11.8 Å². The number of thiophene rings is 4. The molecule has 0 fully saturated rings. The minimum atomic E-state index is 0.795. The van der Waals surface area contributed by atoms with E-state index in [2.05, 4.69) is 96.0 Å². The topological polar surface area (TPSA) is 0 Å². The highest BCUT2D eigenvalue weighted by atomic mass is 79.9. The van der Waals surface area contributed by atoms with Gasteiger partial charge in [-0.3, -0.25) is 0 Å². The lowest BCUT2D eigenvalue weighted by Crippen LogP contribution is -2.02. The molecule has 238 valence electrons. The highest BCUT2D eigenvalue weighted by Crippen LogP contribution is 2.53. The Morgan fingerprint density at radius 2 is 0.977 bits per heavy atom. The van der Waals surface area contributed by atoms with Gasteiger partial charge < -0.3 is 0 Å². The molecule has 0 saturated carbocycles. The fourth-order valence-electron chi connectivity index (χ4n) is 6.63. The third-order valence-electron chi connectivity index (χ3n) is 9.28. The van der Waals surface area contributed by atoms with E-state index in [1.165, 1.54) is 139 Å². The van der Waals surface area contributed by atoms with Crippen molar-refractivity contribution < 1.29 is 0 Å². The fraction of sp³-hybridized carbons (Fsp3) is 0.526. The summed E-state index contributed by atoms with van der Waals surface area (Å²) >= 11 is 15.7. The summed E-state index contributed by atoms with van der Waals surface area (Å²) in [7, 11) is 0. The molecule has 5 rings (SSSR count). The highest BCUT2D eigenvalue weighted by Gasteiger charge is 2.23. The molecule has 4 heterocycles. The zero-order chi connectivity index (χ0) is 31.1. The molecule has 5 aromatic rings. The molecule has 0 N–H and O–H groups in total. The van der Waals surface area contributed by atoms with Crippen LogP contribution >= 0.6 is 77.2 Å². The standard InChI is InChI=1S/C38H48Br2S4/c1-5-9-11-13-15-25(7-3)21-27-17-19-31(41-27)35-29-23-33(39)44-38(29)36(30-24-34(40)43-37(30)35)32-20-18-28(42-32)22-26(8-4)16-14-12-10-6-2/h17-20,23-26H,5-16,21-22H2,1-4H3. The first-order chi connectivity index (χ1) is 21.4. The zero-order valence-electron chi connectivity index (χ0n) is 26.9. The summed E-state index contributed by atoms with van der Waals surface area (Å²) in [6.45, 7) is 9.37. The lowest BCUT2D eigenvalue weighted by atomic mass is 9.94. The number of benzene rings is 1. The van der Waals surface area contributed by atoms with Gasteiger partial charge in [-0.15, -0.1) is 45.3 Å². The third kappa shape index (κ3) is 8.50. The maximum atomic E-state index is 3.90. The van der Waals surface area contributed by atoms with Gasteiger partial charge in [0.15, 0.2) is 0 Å². The molecule has 0 aliphatic rings. The van der Waals surface area contributed by atoms with Crippen molar-refractivity contribution in [3.8, 4) is 20.9 Å². The number of rotatable bonds is 18. The van der Waals surface area contributed by atoms with Crippen LogP contribution in [0.2, 0.25) is 0 Å². The number of fused-ring (bicyclic) bond motifs is 2. The van der Waals surface area contributed by atoms with E-state index in [-0.39, 0.29) is 0 Å². The molecule has 6 heteroatoms. The van der Waals surface area contributed by atoms with Crippen LogP contribution in [-0.4, -0.2) is 0 Å². The number of unbranched alkanes of at least 4 members (excludes halogenated alkanes) is 6. The molecule has 2 atom stereocenters. The van der Waals surface area contributed by atoms with E-state index in [9.17, 15) is 0 Å². The van der Waals surface area contributed by atoms with Crippen LogP contribution < -0.4 is 0 Å². The SMILES string of the molecule is CCCCCCC(CC)Cc1ccc(-c2c3cc(Br)sc3c(-c3ccc(CC(CC)CCCCCC)s3)c3cc(Br)sc23)s1. The maximum absolute atomic E-state index is 3.90. The van der Waals surface area contributed by atoms with Crippen molar-refractivity contribution in [1.29, 1.82) is 0 Å². The van der Waals surface area contributed by atoms with Gasteiger partial charge in [0.2, 0.25) is 0 Å². The van der Waals surface area contributed by atoms with Crippen molar-refractivity contribution in [3.05, 3.63) is 53.7 Å². The molecule has 0 aliphatic heterocycles. The minimum Gasteiger partial charge on any atom is -0.140 e. The normalized spacial score (nSPS) is 13.4. The Labute approximate surface area is 299 Å². The van der Waals surface area contributed by atoms with E-state index in [1.54, 1.807) is 9.75 Å². The maximum Gasteiger partial charge on any atom is 0.0711 e.